The molecule has 0 bridgehead atoms. The fourth-order valence-corrected chi connectivity index (χ4v) is 4.58. The average molecular weight is 435 g/mol. The first-order valence-corrected chi connectivity index (χ1v) is 10.6. The third-order valence-corrected chi connectivity index (χ3v) is 6.17. The Labute approximate surface area is 181 Å². The Morgan fingerprint density at radius 3 is 2.61 bits per heavy atom. The largest absolute Gasteiger partial charge is 0.379 e. The van der Waals surface area contributed by atoms with Gasteiger partial charge in [-0.15, -0.1) is 23.7 Å². The van der Waals surface area contributed by atoms with Gasteiger partial charge in [0.15, 0.2) is 0 Å². The lowest BCUT2D eigenvalue weighted by Gasteiger charge is -2.26. The summed E-state index contributed by atoms with van der Waals surface area (Å²) in [5, 5.41) is 2.93. The van der Waals surface area contributed by atoms with Crippen LogP contribution in [0, 0.1) is 0 Å². The summed E-state index contributed by atoms with van der Waals surface area (Å²) in [6, 6.07) is 18.8. The van der Waals surface area contributed by atoms with Gasteiger partial charge in [0.05, 0.1) is 18.6 Å². The number of benzene rings is 2. The van der Waals surface area contributed by atoms with Crippen LogP contribution in [0.3, 0.4) is 0 Å². The lowest BCUT2D eigenvalue weighted by Crippen LogP contribution is -2.37. The molecule has 1 aliphatic heterocycles. The molecule has 28 heavy (non-hydrogen) atoms. The summed E-state index contributed by atoms with van der Waals surface area (Å²) in [4.78, 5) is 8.62. The van der Waals surface area contributed by atoms with Crippen molar-refractivity contribution in [1.82, 2.24) is 4.90 Å². The molecule has 6 heteroatoms. The monoisotopic (exact) mass is 434 g/mol. The van der Waals surface area contributed by atoms with Gasteiger partial charge in [0.1, 0.15) is 0 Å². The number of nitrogens with zero attached hydrogens (tertiary/aromatic N) is 2. The number of ether oxygens (including phenoxy) is 1. The van der Waals surface area contributed by atoms with E-state index in [0.29, 0.717) is 0 Å². The van der Waals surface area contributed by atoms with Crippen LogP contribution in [0.25, 0.3) is 20.5 Å². The first-order chi connectivity index (χ1) is 13.3. The minimum atomic E-state index is 0. The smallest absolute Gasteiger partial charge is 0.0675 e. The zero-order chi connectivity index (χ0) is 18.5. The maximum Gasteiger partial charge on any atom is 0.0675 e. The number of hydrogen-bond donors (Lipinski definition) is 0. The van der Waals surface area contributed by atoms with E-state index in [9.17, 15) is 0 Å². The van der Waals surface area contributed by atoms with Gasteiger partial charge < -0.3 is 4.74 Å². The van der Waals surface area contributed by atoms with Gasteiger partial charge in [0.2, 0.25) is 0 Å². The van der Waals surface area contributed by atoms with Crippen molar-refractivity contribution >= 4 is 45.4 Å². The number of hydrogen-bond acceptors (Lipinski definition) is 4. The molecule has 148 valence electrons. The molecule has 0 N–H and O–H groups in total. The Balaban J connectivity index is 0.00000225. The Morgan fingerprint density at radius 2 is 1.82 bits per heavy atom. The first kappa shape index (κ1) is 21.3. The van der Waals surface area contributed by atoms with Crippen LogP contribution in [0.4, 0.5) is 0 Å². The number of fused-ring (bicyclic) bond motifs is 1. The minimum absolute atomic E-state index is 0. The summed E-state index contributed by atoms with van der Waals surface area (Å²) < 4.78 is 6.63. The summed E-state index contributed by atoms with van der Waals surface area (Å²) >= 11 is 8.04. The van der Waals surface area contributed by atoms with E-state index in [1.807, 2.05) is 18.2 Å². The second-order valence-electron chi connectivity index (χ2n) is 6.69. The van der Waals surface area contributed by atoms with Crippen LogP contribution in [0.2, 0.25) is 5.02 Å². The van der Waals surface area contributed by atoms with Gasteiger partial charge in [-0.2, -0.15) is 0 Å². The molecular weight excluding hydrogens is 411 g/mol. The third kappa shape index (κ3) is 5.34. The highest BCUT2D eigenvalue weighted by molar-refractivity contribution is 7.21. The number of halogens is 2. The SMILES string of the molecule is Cl.Clc1ccc2sc(-c3ccccc3)cc(=NCCCN3CCOCC3)c2c1. The van der Waals surface area contributed by atoms with Crippen molar-refractivity contribution in [3.63, 3.8) is 0 Å². The van der Waals surface area contributed by atoms with Gasteiger partial charge in [-0.1, -0.05) is 41.9 Å². The molecule has 2 heterocycles. The minimum Gasteiger partial charge on any atom is -0.379 e. The molecular formula is C22H24Cl2N2OS. The van der Waals surface area contributed by atoms with Gasteiger partial charge in [-0.3, -0.25) is 9.89 Å². The Kier molecular flexibility index (Phi) is 7.89. The molecule has 3 aromatic rings. The maximum absolute atomic E-state index is 6.25. The van der Waals surface area contributed by atoms with E-state index in [2.05, 4.69) is 41.3 Å². The molecule has 0 unspecified atom stereocenters. The molecule has 1 aromatic heterocycles. The molecule has 0 spiro atoms. The first-order valence-electron chi connectivity index (χ1n) is 9.39. The van der Waals surface area contributed by atoms with Crippen LogP contribution in [0.15, 0.2) is 59.6 Å². The van der Waals surface area contributed by atoms with Gasteiger partial charge in [0.25, 0.3) is 0 Å². The molecule has 1 aliphatic rings. The molecule has 3 nitrogen and oxygen atoms in total. The Bertz CT molecular complexity index is 969. The summed E-state index contributed by atoms with van der Waals surface area (Å²) in [6.07, 6.45) is 1.06. The predicted octanol–water partition coefficient (Wildman–Crippen LogP) is 5.27. The van der Waals surface area contributed by atoms with Crippen molar-refractivity contribution in [3.05, 3.63) is 65.0 Å². The molecule has 0 saturated carbocycles. The fourth-order valence-electron chi connectivity index (χ4n) is 3.34. The van der Waals surface area contributed by atoms with E-state index in [1.54, 1.807) is 11.3 Å². The zero-order valence-electron chi connectivity index (χ0n) is 15.6. The van der Waals surface area contributed by atoms with E-state index in [1.165, 1.54) is 15.1 Å². The second kappa shape index (κ2) is 10.4. The van der Waals surface area contributed by atoms with Crippen molar-refractivity contribution < 1.29 is 4.74 Å². The lowest BCUT2D eigenvalue weighted by atomic mass is 10.1. The van der Waals surface area contributed by atoms with E-state index in [4.69, 9.17) is 21.3 Å². The lowest BCUT2D eigenvalue weighted by molar-refractivity contribution is 0.0377. The molecule has 4 rings (SSSR count). The van der Waals surface area contributed by atoms with Crippen molar-refractivity contribution in [2.24, 2.45) is 4.99 Å². The van der Waals surface area contributed by atoms with Crippen molar-refractivity contribution in [2.75, 3.05) is 39.4 Å². The van der Waals surface area contributed by atoms with E-state index >= 15 is 0 Å². The topological polar surface area (TPSA) is 24.8 Å². The maximum atomic E-state index is 6.25. The van der Waals surface area contributed by atoms with Crippen molar-refractivity contribution in [2.45, 2.75) is 6.42 Å². The van der Waals surface area contributed by atoms with Crippen molar-refractivity contribution in [3.8, 4) is 10.4 Å². The van der Waals surface area contributed by atoms with Gasteiger partial charge >= 0.3 is 0 Å². The number of rotatable bonds is 5. The summed E-state index contributed by atoms with van der Waals surface area (Å²) in [5.74, 6) is 0. The Morgan fingerprint density at radius 1 is 1.04 bits per heavy atom. The average Bonchev–Trinajstić information content (AvgIpc) is 2.72. The highest BCUT2D eigenvalue weighted by Gasteiger charge is 2.09. The van der Waals surface area contributed by atoms with E-state index in [0.717, 1.165) is 61.6 Å². The third-order valence-electron chi connectivity index (χ3n) is 4.78. The van der Waals surface area contributed by atoms with Gasteiger partial charge in [-0.25, -0.2) is 0 Å². The summed E-state index contributed by atoms with van der Waals surface area (Å²) in [6.45, 7) is 5.66. The molecule has 0 aliphatic carbocycles. The molecule has 1 fully saturated rings. The molecule has 0 radical (unpaired) electrons. The van der Waals surface area contributed by atoms with Crippen LogP contribution in [-0.4, -0.2) is 44.3 Å². The zero-order valence-corrected chi connectivity index (χ0v) is 18.0. The molecule has 0 amide bonds. The molecule has 2 aromatic carbocycles. The normalized spacial score (nSPS) is 15.5. The fraction of sp³-hybridized carbons (Fsp3) is 0.318. The van der Waals surface area contributed by atoms with Crippen molar-refractivity contribution in [1.29, 1.82) is 0 Å². The van der Waals surface area contributed by atoms with E-state index < -0.39 is 0 Å². The molecule has 0 atom stereocenters. The summed E-state index contributed by atoms with van der Waals surface area (Å²) in [5.41, 5.74) is 1.23. The van der Waals surface area contributed by atoms with Crippen LogP contribution >= 0.6 is 35.3 Å². The highest BCUT2D eigenvalue weighted by Crippen LogP contribution is 2.29. The summed E-state index contributed by atoms with van der Waals surface area (Å²) in [7, 11) is 0. The van der Waals surface area contributed by atoms with Gasteiger partial charge in [0, 0.05) is 46.2 Å². The quantitative estimate of drug-likeness (QED) is 0.511. The standard InChI is InChI=1S/C22H23ClN2OS.ClH/c23-18-7-8-21-19(15-18)20(16-22(27-21)17-5-2-1-3-6-17)24-9-4-10-25-11-13-26-14-12-25;/h1-3,5-8,15-16H,4,9-14H2;1H. The molecule has 1 saturated heterocycles. The van der Waals surface area contributed by atoms with Crippen LogP contribution in [0.1, 0.15) is 6.42 Å². The van der Waals surface area contributed by atoms with Crippen LogP contribution < -0.4 is 5.36 Å². The highest BCUT2D eigenvalue weighted by atomic mass is 35.5. The predicted molar refractivity (Wildman–Crippen MR) is 122 cm³/mol. The second-order valence-corrected chi connectivity index (χ2v) is 8.21. The van der Waals surface area contributed by atoms with E-state index in [-0.39, 0.29) is 12.4 Å². The van der Waals surface area contributed by atoms with Crippen LogP contribution in [-0.2, 0) is 4.74 Å². The van der Waals surface area contributed by atoms with Crippen LogP contribution in [0.5, 0.6) is 0 Å². The Hall–Kier alpha value is -1.43. The van der Waals surface area contributed by atoms with Gasteiger partial charge in [-0.05, 0) is 36.2 Å². The number of morpholine rings is 1.